The number of amides is 1. The van der Waals surface area contributed by atoms with Crippen LogP contribution in [0.15, 0.2) is 51.8 Å². The van der Waals surface area contributed by atoms with Crippen molar-refractivity contribution >= 4 is 31.9 Å². The highest BCUT2D eigenvalue weighted by molar-refractivity contribution is 9.10. The molecule has 1 aliphatic rings. The minimum Gasteiger partial charge on any atom is -0.496 e. The Morgan fingerprint density at radius 2 is 1.80 bits per heavy atom. The molecule has 1 amide bonds. The predicted molar refractivity (Wildman–Crippen MR) is 120 cm³/mol. The zero-order valence-electron chi connectivity index (χ0n) is 17.3. The number of hydrogen-bond donors (Lipinski definition) is 0. The summed E-state index contributed by atoms with van der Waals surface area (Å²) < 4.78 is 34.0. The van der Waals surface area contributed by atoms with Crippen LogP contribution in [0.5, 0.6) is 5.75 Å². The van der Waals surface area contributed by atoms with E-state index in [0.29, 0.717) is 30.9 Å². The Balaban J connectivity index is 1.81. The normalized spacial score (nSPS) is 15.4. The van der Waals surface area contributed by atoms with Gasteiger partial charge in [-0.25, -0.2) is 8.42 Å². The number of carbonyl (C=O) groups excluding carboxylic acids is 1. The van der Waals surface area contributed by atoms with Gasteiger partial charge in [0.2, 0.25) is 10.0 Å². The lowest BCUT2D eigenvalue weighted by Gasteiger charge is -2.21. The molecule has 6 nitrogen and oxygen atoms in total. The van der Waals surface area contributed by atoms with Crippen molar-refractivity contribution in [3.05, 3.63) is 58.1 Å². The Hall–Kier alpha value is -1.90. The molecule has 1 heterocycles. The first-order valence-electron chi connectivity index (χ1n) is 10.0. The SMILES string of the molecule is COc1ccc(Br)cc1CN(C)C(=O)c1cccc(S(=O)(=O)N2CCCCCC2)c1. The minimum atomic E-state index is -3.61. The van der Waals surface area contributed by atoms with Gasteiger partial charge in [-0.1, -0.05) is 34.8 Å². The van der Waals surface area contributed by atoms with Gasteiger partial charge in [0, 0.05) is 42.3 Å². The molecule has 0 saturated carbocycles. The van der Waals surface area contributed by atoms with Gasteiger partial charge in [0.25, 0.3) is 5.91 Å². The molecule has 0 radical (unpaired) electrons. The number of carbonyl (C=O) groups is 1. The van der Waals surface area contributed by atoms with E-state index in [-0.39, 0.29) is 10.8 Å². The molecule has 30 heavy (non-hydrogen) atoms. The first-order chi connectivity index (χ1) is 14.3. The molecule has 1 fully saturated rings. The molecule has 162 valence electrons. The van der Waals surface area contributed by atoms with Crippen molar-refractivity contribution in [1.29, 1.82) is 0 Å². The van der Waals surface area contributed by atoms with E-state index < -0.39 is 10.0 Å². The summed E-state index contributed by atoms with van der Waals surface area (Å²) in [6.07, 6.45) is 3.84. The van der Waals surface area contributed by atoms with Crippen molar-refractivity contribution in [2.75, 3.05) is 27.2 Å². The maximum absolute atomic E-state index is 13.1. The second-order valence-corrected chi connectivity index (χ2v) is 10.3. The maximum atomic E-state index is 13.1. The first kappa shape index (κ1) is 22.8. The van der Waals surface area contributed by atoms with E-state index in [1.165, 1.54) is 6.07 Å². The average molecular weight is 495 g/mol. The van der Waals surface area contributed by atoms with Crippen LogP contribution in [0.3, 0.4) is 0 Å². The summed E-state index contributed by atoms with van der Waals surface area (Å²) in [6, 6.07) is 12.0. The van der Waals surface area contributed by atoms with Crippen LogP contribution in [0.4, 0.5) is 0 Å². The van der Waals surface area contributed by atoms with Gasteiger partial charge in [-0.3, -0.25) is 4.79 Å². The third-order valence-corrected chi connectivity index (χ3v) is 7.67. The highest BCUT2D eigenvalue weighted by Gasteiger charge is 2.26. The van der Waals surface area contributed by atoms with Crippen molar-refractivity contribution in [3.63, 3.8) is 0 Å². The third kappa shape index (κ3) is 5.22. The Kier molecular flexibility index (Phi) is 7.55. The smallest absolute Gasteiger partial charge is 0.253 e. The van der Waals surface area contributed by atoms with Gasteiger partial charge in [0.1, 0.15) is 5.75 Å². The van der Waals surface area contributed by atoms with E-state index in [9.17, 15) is 13.2 Å². The fourth-order valence-corrected chi connectivity index (χ4v) is 5.61. The average Bonchev–Trinajstić information content (AvgIpc) is 3.03. The highest BCUT2D eigenvalue weighted by atomic mass is 79.9. The molecule has 0 atom stereocenters. The molecule has 2 aromatic carbocycles. The molecule has 0 bridgehead atoms. The topological polar surface area (TPSA) is 66.9 Å². The monoisotopic (exact) mass is 494 g/mol. The number of methoxy groups -OCH3 is 1. The van der Waals surface area contributed by atoms with Crippen LogP contribution in [0, 0.1) is 0 Å². The predicted octanol–water partition coefficient (Wildman–Crippen LogP) is 4.29. The summed E-state index contributed by atoms with van der Waals surface area (Å²) in [7, 11) is -0.324. The lowest BCUT2D eigenvalue weighted by molar-refractivity contribution is 0.0784. The summed E-state index contributed by atoms with van der Waals surface area (Å²) in [5.74, 6) is 0.445. The van der Waals surface area contributed by atoms with Crippen molar-refractivity contribution in [2.24, 2.45) is 0 Å². The van der Waals surface area contributed by atoms with E-state index in [4.69, 9.17) is 4.74 Å². The van der Waals surface area contributed by atoms with E-state index >= 15 is 0 Å². The molecule has 8 heteroatoms. The summed E-state index contributed by atoms with van der Waals surface area (Å²) in [5, 5.41) is 0. The van der Waals surface area contributed by atoms with Crippen LogP contribution < -0.4 is 4.74 Å². The van der Waals surface area contributed by atoms with Gasteiger partial charge in [-0.2, -0.15) is 4.31 Å². The fourth-order valence-electron chi connectivity index (χ4n) is 3.64. The second-order valence-electron chi connectivity index (χ2n) is 7.46. The molecule has 0 aromatic heterocycles. The summed E-state index contributed by atoms with van der Waals surface area (Å²) in [5.41, 5.74) is 1.21. The molecule has 1 aliphatic heterocycles. The molecule has 0 unspecified atom stereocenters. The maximum Gasteiger partial charge on any atom is 0.253 e. The molecule has 0 aliphatic carbocycles. The van der Waals surface area contributed by atoms with Crippen LogP contribution in [-0.2, 0) is 16.6 Å². The summed E-state index contributed by atoms with van der Waals surface area (Å²) >= 11 is 3.44. The molecular weight excluding hydrogens is 468 g/mol. The standard InChI is InChI=1S/C22H27BrN2O4S/c1-24(16-18-14-19(23)10-11-21(18)29-2)22(26)17-8-7-9-20(15-17)30(27,28)25-12-5-3-4-6-13-25/h7-11,14-15H,3-6,12-13,16H2,1-2H3. The van der Waals surface area contributed by atoms with Crippen LogP contribution in [0.2, 0.25) is 0 Å². The van der Waals surface area contributed by atoms with Gasteiger partial charge in [-0.05, 0) is 49.2 Å². The molecule has 0 spiro atoms. The zero-order chi connectivity index (χ0) is 21.7. The fraction of sp³-hybridized carbons (Fsp3) is 0.409. The lowest BCUT2D eigenvalue weighted by atomic mass is 10.1. The van der Waals surface area contributed by atoms with Crippen LogP contribution in [0.25, 0.3) is 0 Å². The number of nitrogens with zero attached hydrogens (tertiary/aromatic N) is 2. The molecular formula is C22H27BrN2O4S. The van der Waals surface area contributed by atoms with Crippen molar-refractivity contribution in [2.45, 2.75) is 37.1 Å². The summed E-state index contributed by atoms with van der Waals surface area (Å²) in [6.45, 7) is 1.40. The van der Waals surface area contributed by atoms with Gasteiger partial charge in [-0.15, -0.1) is 0 Å². The van der Waals surface area contributed by atoms with E-state index in [0.717, 1.165) is 35.7 Å². The van der Waals surface area contributed by atoms with Crippen LogP contribution in [0.1, 0.15) is 41.6 Å². The number of rotatable bonds is 6. The Morgan fingerprint density at radius 3 is 2.47 bits per heavy atom. The van der Waals surface area contributed by atoms with Crippen molar-refractivity contribution in [1.82, 2.24) is 9.21 Å². The van der Waals surface area contributed by atoms with Crippen LogP contribution in [-0.4, -0.2) is 50.8 Å². The van der Waals surface area contributed by atoms with Gasteiger partial charge in [0.05, 0.1) is 12.0 Å². The number of benzene rings is 2. The quantitative estimate of drug-likeness (QED) is 0.600. The van der Waals surface area contributed by atoms with Gasteiger partial charge >= 0.3 is 0 Å². The van der Waals surface area contributed by atoms with Gasteiger partial charge < -0.3 is 9.64 Å². The summed E-state index contributed by atoms with van der Waals surface area (Å²) in [4.78, 5) is 14.7. The Labute approximate surface area is 187 Å². The van der Waals surface area contributed by atoms with Crippen molar-refractivity contribution in [3.8, 4) is 5.75 Å². The van der Waals surface area contributed by atoms with Gasteiger partial charge in [0.15, 0.2) is 0 Å². The molecule has 1 saturated heterocycles. The Bertz CT molecular complexity index is 1000. The highest BCUT2D eigenvalue weighted by Crippen LogP contribution is 2.25. The lowest BCUT2D eigenvalue weighted by Crippen LogP contribution is -2.32. The Morgan fingerprint density at radius 1 is 1.10 bits per heavy atom. The molecule has 2 aromatic rings. The second kappa shape index (κ2) is 9.94. The first-order valence-corrected chi connectivity index (χ1v) is 12.2. The minimum absolute atomic E-state index is 0.170. The third-order valence-electron chi connectivity index (χ3n) is 5.28. The van der Waals surface area contributed by atoms with Crippen LogP contribution >= 0.6 is 15.9 Å². The number of ether oxygens (including phenoxy) is 1. The van der Waals surface area contributed by atoms with E-state index in [2.05, 4.69) is 15.9 Å². The van der Waals surface area contributed by atoms with E-state index in [1.807, 2.05) is 18.2 Å². The molecule has 3 rings (SSSR count). The number of halogens is 1. The van der Waals surface area contributed by atoms with E-state index in [1.54, 1.807) is 41.6 Å². The molecule has 0 N–H and O–H groups in total. The largest absolute Gasteiger partial charge is 0.496 e. The van der Waals surface area contributed by atoms with Crippen molar-refractivity contribution < 1.29 is 17.9 Å². The number of hydrogen-bond acceptors (Lipinski definition) is 4. The zero-order valence-corrected chi connectivity index (χ0v) is 19.7. The number of sulfonamides is 1.